The second kappa shape index (κ2) is 8.20. The number of β-amino-alcohol motifs (C(OH)–C–C–N with tert-alkyl or cyclic N) is 1. The van der Waals surface area contributed by atoms with Gasteiger partial charge >= 0.3 is 0 Å². The van der Waals surface area contributed by atoms with Crippen LogP contribution in [0.3, 0.4) is 0 Å². The van der Waals surface area contributed by atoms with Crippen LogP contribution in [0.5, 0.6) is 5.75 Å². The maximum atomic E-state index is 12.8. The summed E-state index contributed by atoms with van der Waals surface area (Å²) < 4.78 is 0.533. The number of nitrogens with zero attached hydrogens (tertiary/aromatic N) is 2. The number of amides is 1. The van der Waals surface area contributed by atoms with Crippen molar-refractivity contribution < 1.29 is 15.0 Å². The van der Waals surface area contributed by atoms with Gasteiger partial charge in [0.2, 0.25) is 0 Å². The lowest BCUT2D eigenvalue weighted by atomic mass is 10.1. The molecule has 1 atom stereocenters. The number of aliphatic hydroxyl groups is 1. The van der Waals surface area contributed by atoms with E-state index in [4.69, 9.17) is 0 Å². The van der Waals surface area contributed by atoms with Crippen LogP contribution in [0.25, 0.3) is 0 Å². The maximum Gasteiger partial charge on any atom is 0.257 e. The Morgan fingerprint density at radius 2 is 1.81 bits per heavy atom. The summed E-state index contributed by atoms with van der Waals surface area (Å²) >= 11 is 3.29. The summed E-state index contributed by atoms with van der Waals surface area (Å²) in [7, 11) is 0. The monoisotopic (exact) mass is 418 g/mol. The molecular weight excluding hydrogens is 396 g/mol. The van der Waals surface area contributed by atoms with Crippen molar-refractivity contribution in [2.24, 2.45) is 0 Å². The number of aliphatic hydroxyl groups excluding tert-OH is 1. The largest absolute Gasteiger partial charge is 0.506 e. The summed E-state index contributed by atoms with van der Waals surface area (Å²) in [6.45, 7) is 4.99. The molecule has 6 heteroatoms. The van der Waals surface area contributed by atoms with Crippen molar-refractivity contribution in [3.63, 3.8) is 0 Å². The molecule has 2 aromatic carbocycles. The number of benzene rings is 2. The summed E-state index contributed by atoms with van der Waals surface area (Å²) in [5, 5.41) is 20.5. The van der Waals surface area contributed by atoms with Gasteiger partial charge in [0.1, 0.15) is 5.75 Å². The van der Waals surface area contributed by atoms with Crippen molar-refractivity contribution in [2.45, 2.75) is 13.0 Å². The van der Waals surface area contributed by atoms with Crippen LogP contribution in [0.15, 0.2) is 46.9 Å². The Balaban J connectivity index is 1.59. The number of phenols is 1. The first-order valence-corrected chi connectivity index (χ1v) is 9.48. The number of carbonyl (C=O) groups excluding carboxylic acids is 1. The summed E-state index contributed by atoms with van der Waals surface area (Å²) in [6, 6.07) is 13.1. The van der Waals surface area contributed by atoms with E-state index in [2.05, 4.69) is 20.8 Å². The third-order valence-electron chi connectivity index (χ3n) is 4.71. The number of aryl methyl sites for hydroxylation is 1. The molecule has 1 fully saturated rings. The molecule has 3 rings (SSSR count). The van der Waals surface area contributed by atoms with Crippen LogP contribution in [0.2, 0.25) is 0 Å². The fourth-order valence-corrected chi connectivity index (χ4v) is 3.80. The quantitative estimate of drug-likeness (QED) is 0.800. The first-order chi connectivity index (χ1) is 12.5. The molecule has 0 radical (unpaired) electrons. The minimum absolute atomic E-state index is 0.0115. The highest BCUT2D eigenvalue weighted by Gasteiger charge is 2.26. The second-order valence-corrected chi connectivity index (χ2v) is 7.52. The zero-order valence-corrected chi connectivity index (χ0v) is 16.3. The number of halogens is 1. The lowest BCUT2D eigenvalue weighted by Crippen LogP contribution is -2.49. The molecule has 1 aliphatic rings. The van der Waals surface area contributed by atoms with E-state index in [0.717, 1.165) is 11.1 Å². The zero-order chi connectivity index (χ0) is 18.7. The predicted molar refractivity (Wildman–Crippen MR) is 104 cm³/mol. The van der Waals surface area contributed by atoms with Crippen molar-refractivity contribution in [2.75, 3.05) is 32.7 Å². The molecule has 5 nitrogen and oxygen atoms in total. The van der Waals surface area contributed by atoms with Crippen LogP contribution < -0.4 is 0 Å². The van der Waals surface area contributed by atoms with E-state index < -0.39 is 6.10 Å². The molecule has 0 bridgehead atoms. The second-order valence-electron chi connectivity index (χ2n) is 6.66. The number of piperazine rings is 1. The summed E-state index contributed by atoms with van der Waals surface area (Å²) in [6.07, 6.45) is -0.532. The van der Waals surface area contributed by atoms with Gasteiger partial charge in [0, 0.05) is 32.7 Å². The molecular formula is C20H23BrN2O3. The number of aromatic hydroxyl groups is 1. The van der Waals surface area contributed by atoms with Crippen LogP contribution in [-0.2, 0) is 0 Å². The molecule has 1 unspecified atom stereocenters. The third kappa shape index (κ3) is 4.26. The summed E-state index contributed by atoms with van der Waals surface area (Å²) in [4.78, 5) is 16.7. The lowest BCUT2D eigenvalue weighted by molar-refractivity contribution is 0.0525. The molecule has 0 aliphatic carbocycles. The van der Waals surface area contributed by atoms with Gasteiger partial charge in [-0.2, -0.15) is 0 Å². The highest BCUT2D eigenvalue weighted by molar-refractivity contribution is 9.10. The average Bonchev–Trinajstić information content (AvgIpc) is 2.65. The van der Waals surface area contributed by atoms with Crippen molar-refractivity contribution in [3.8, 4) is 5.75 Å². The minimum atomic E-state index is -0.532. The molecule has 0 aromatic heterocycles. The van der Waals surface area contributed by atoms with E-state index in [-0.39, 0.29) is 11.7 Å². The zero-order valence-electron chi connectivity index (χ0n) is 14.7. The van der Waals surface area contributed by atoms with Crippen molar-refractivity contribution >= 4 is 21.8 Å². The lowest BCUT2D eigenvalue weighted by Gasteiger charge is -2.35. The van der Waals surface area contributed by atoms with E-state index >= 15 is 0 Å². The van der Waals surface area contributed by atoms with Crippen LogP contribution in [0.1, 0.15) is 27.6 Å². The minimum Gasteiger partial charge on any atom is -0.506 e. The van der Waals surface area contributed by atoms with E-state index in [1.165, 1.54) is 0 Å². The van der Waals surface area contributed by atoms with E-state index in [9.17, 15) is 15.0 Å². The molecule has 138 valence electrons. The van der Waals surface area contributed by atoms with Gasteiger partial charge < -0.3 is 15.1 Å². The molecule has 0 spiro atoms. The summed E-state index contributed by atoms with van der Waals surface area (Å²) in [5.74, 6) is -0.169. The van der Waals surface area contributed by atoms with Gasteiger partial charge in [0.25, 0.3) is 5.91 Å². The Bertz CT molecular complexity index is 774. The fourth-order valence-electron chi connectivity index (χ4n) is 3.23. The molecule has 1 heterocycles. The van der Waals surface area contributed by atoms with Gasteiger partial charge in [0.05, 0.1) is 16.1 Å². The molecule has 1 aliphatic heterocycles. The molecule has 1 saturated heterocycles. The van der Waals surface area contributed by atoms with Gasteiger partial charge in [-0.1, -0.05) is 30.3 Å². The smallest absolute Gasteiger partial charge is 0.257 e. The number of hydrogen-bond donors (Lipinski definition) is 2. The third-order valence-corrected chi connectivity index (χ3v) is 5.32. The van der Waals surface area contributed by atoms with Crippen LogP contribution in [0.4, 0.5) is 0 Å². The van der Waals surface area contributed by atoms with Gasteiger partial charge in [-0.15, -0.1) is 0 Å². The topological polar surface area (TPSA) is 64.0 Å². The Morgan fingerprint density at radius 3 is 2.46 bits per heavy atom. The van der Waals surface area contributed by atoms with Gasteiger partial charge in [0.15, 0.2) is 0 Å². The number of phenolic OH excluding ortho intramolecular Hbond substituents is 1. The normalized spacial score (nSPS) is 16.5. The van der Waals surface area contributed by atoms with Crippen LogP contribution in [0, 0.1) is 6.92 Å². The van der Waals surface area contributed by atoms with Crippen molar-refractivity contribution in [1.29, 1.82) is 0 Å². The SMILES string of the molecule is Cc1cc(Br)c(O)c(C(=O)N2CCN(CC(O)c3ccccc3)CC2)c1. The average molecular weight is 419 g/mol. The van der Waals surface area contributed by atoms with Crippen molar-refractivity contribution in [3.05, 3.63) is 63.6 Å². The molecule has 1 amide bonds. The molecule has 26 heavy (non-hydrogen) atoms. The van der Waals surface area contributed by atoms with Gasteiger partial charge in [-0.05, 0) is 46.1 Å². The van der Waals surface area contributed by atoms with Gasteiger partial charge in [-0.3, -0.25) is 9.69 Å². The predicted octanol–water partition coefficient (Wildman–Crippen LogP) is 2.95. The van der Waals surface area contributed by atoms with Gasteiger partial charge in [-0.25, -0.2) is 0 Å². The maximum absolute atomic E-state index is 12.8. The Hall–Kier alpha value is -1.89. The standard InChI is InChI=1S/C20H23BrN2O3/c1-14-11-16(19(25)17(21)12-14)20(26)23-9-7-22(8-10-23)13-18(24)15-5-3-2-4-6-15/h2-6,11-12,18,24-25H,7-10,13H2,1H3. The van der Waals surface area contributed by atoms with Crippen LogP contribution in [-0.4, -0.2) is 58.6 Å². The fraction of sp³-hybridized carbons (Fsp3) is 0.350. The van der Waals surface area contributed by atoms with Crippen LogP contribution >= 0.6 is 15.9 Å². The van der Waals surface area contributed by atoms with E-state index in [1.807, 2.05) is 37.3 Å². The first-order valence-electron chi connectivity index (χ1n) is 8.69. The Kier molecular flexibility index (Phi) is 5.96. The van der Waals surface area contributed by atoms with E-state index in [1.54, 1.807) is 17.0 Å². The van der Waals surface area contributed by atoms with E-state index in [0.29, 0.717) is 42.8 Å². The first kappa shape index (κ1) is 18.9. The molecule has 0 saturated carbocycles. The summed E-state index contributed by atoms with van der Waals surface area (Å²) in [5.41, 5.74) is 2.15. The molecule has 2 aromatic rings. The van der Waals surface area contributed by atoms with Crippen molar-refractivity contribution in [1.82, 2.24) is 9.80 Å². The highest BCUT2D eigenvalue weighted by atomic mass is 79.9. The number of hydrogen-bond acceptors (Lipinski definition) is 4. The number of carbonyl (C=O) groups is 1. The Morgan fingerprint density at radius 1 is 1.15 bits per heavy atom. The number of rotatable bonds is 4. The highest BCUT2D eigenvalue weighted by Crippen LogP contribution is 2.30. The Labute approximate surface area is 162 Å². The molecule has 2 N–H and O–H groups in total.